The highest BCUT2D eigenvalue weighted by molar-refractivity contribution is 5.48. The van der Waals surface area contributed by atoms with Gasteiger partial charge in [0, 0.05) is 11.9 Å². The molecule has 0 spiro atoms. The summed E-state index contributed by atoms with van der Waals surface area (Å²) in [5.41, 5.74) is 1.53. The summed E-state index contributed by atoms with van der Waals surface area (Å²) in [6.07, 6.45) is 1.68. The van der Waals surface area contributed by atoms with Crippen molar-refractivity contribution < 1.29 is 9.63 Å². The van der Waals surface area contributed by atoms with Gasteiger partial charge in [-0.25, -0.2) is 0 Å². The number of phenols is 1. The maximum atomic E-state index is 9.20. The summed E-state index contributed by atoms with van der Waals surface area (Å²) in [7, 11) is 0. The molecule has 3 rings (SSSR count). The number of nitrogens with one attached hydrogen (secondary N) is 1. The summed E-state index contributed by atoms with van der Waals surface area (Å²) in [5, 5.41) is 16.2. The maximum absolute atomic E-state index is 9.20. The van der Waals surface area contributed by atoms with Gasteiger partial charge >= 0.3 is 0 Å². The smallest absolute Gasteiger partial charge is 0.246 e. The number of pyridine rings is 1. The third-order valence-corrected chi connectivity index (χ3v) is 2.67. The fourth-order valence-corrected chi connectivity index (χ4v) is 1.68. The number of hydrogen-bond acceptors (Lipinski definition) is 6. The first-order valence-electron chi connectivity index (χ1n) is 6.08. The summed E-state index contributed by atoms with van der Waals surface area (Å²) in [6, 6.07) is 12.3. The highest BCUT2D eigenvalue weighted by Crippen LogP contribution is 2.15. The molecule has 6 heteroatoms. The molecule has 0 bridgehead atoms. The van der Waals surface area contributed by atoms with Gasteiger partial charge in [-0.2, -0.15) is 4.98 Å². The molecule has 20 heavy (non-hydrogen) atoms. The van der Waals surface area contributed by atoms with E-state index in [9.17, 15) is 5.11 Å². The number of benzene rings is 1. The largest absolute Gasteiger partial charge is 0.508 e. The minimum absolute atomic E-state index is 0.228. The molecule has 6 nitrogen and oxygen atoms in total. The van der Waals surface area contributed by atoms with E-state index in [1.807, 2.05) is 18.2 Å². The Morgan fingerprint density at radius 2 is 1.95 bits per heavy atom. The number of aromatic hydroxyl groups is 1. The van der Waals surface area contributed by atoms with Crippen LogP contribution in [0.1, 0.15) is 5.89 Å². The van der Waals surface area contributed by atoms with E-state index in [0.29, 0.717) is 24.0 Å². The predicted octanol–water partition coefficient (Wildman–Crippen LogP) is 2.45. The van der Waals surface area contributed by atoms with Gasteiger partial charge < -0.3 is 14.9 Å². The van der Waals surface area contributed by atoms with Crippen molar-refractivity contribution in [1.82, 2.24) is 15.1 Å². The van der Waals surface area contributed by atoms with Crippen molar-refractivity contribution in [3.05, 3.63) is 54.6 Å². The van der Waals surface area contributed by atoms with E-state index in [1.54, 1.807) is 30.5 Å². The van der Waals surface area contributed by atoms with Gasteiger partial charge in [0.05, 0.1) is 6.54 Å². The third-order valence-electron chi connectivity index (χ3n) is 2.67. The van der Waals surface area contributed by atoms with Crippen LogP contribution < -0.4 is 5.32 Å². The summed E-state index contributed by atoms with van der Waals surface area (Å²) >= 11 is 0. The van der Waals surface area contributed by atoms with Crippen LogP contribution in [0.25, 0.3) is 11.5 Å². The molecule has 0 radical (unpaired) electrons. The van der Waals surface area contributed by atoms with Crippen molar-refractivity contribution in [2.45, 2.75) is 6.54 Å². The summed E-state index contributed by atoms with van der Waals surface area (Å²) in [6.45, 7) is 0.407. The third kappa shape index (κ3) is 2.74. The Bertz CT molecular complexity index is 680. The maximum Gasteiger partial charge on any atom is 0.246 e. The summed E-state index contributed by atoms with van der Waals surface area (Å²) < 4.78 is 5.15. The Kier molecular flexibility index (Phi) is 3.28. The molecule has 100 valence electrons. The molecule has 2 aromatic heterocycles. The summed E-state index contributed by atoms with van der Waals surface area (Å²) in [4.78, 5) is 8.42. The standard InChI is InChI=1S/C14H12N4O2/c19-11-6-4-10(5-7-11)16-9-13-17-14(18-20-13)12-3-1-2-8-15-12/h1-8,16,19H,9H2. The van der Waals surface area contributed by atoms with E-state index in [0.717, 1.165) is 5.69 Å². The lowest BCUT2D eigenvalue weighted by Crippen LogP contribution is -1.99. The molecule has 0 atom stereocenters. The molecule has 0 aliphatic heterocycles. The van der Waals surface area contributed by atoms with Crippen molar-refractivity contribution in [2.75, 3.05) is 5.32 Å². The minimum atomic E-state index is 0.228. The van der Waals surface area contributed by atoms with E-state index >= 15 is 0 Å². The molecule has 0 saturated carbocycles. The van der Waals surface area contributed by atoms with Crippen LogP contribution in [0.3, 0.4) is 0 Å². The average molecular weight is 268 g/mol. The van der Waals surface area contributed by atoms with Crippen LogP contribution in [0, 0.1) is 0 Å². The Balaban J connectivity index is 1.67. The number of phenolic OH excluding ortho intramolecular Hbond substituents is 1. The van der Waals surface area contributed by atoms with Gasteiger partial charge in [-0.05, 0) is 36.4 Å². The van der Waals surface area contributed by atoms with Crippen molar-refractivity contribution in [3.63, 3.8) is 0 Å². The van der Waals surface area contributed by atoms with E-state index in [1.165, 1.54) is 0 Å². The molecule has 0 fully saturated rings. The molecular formula is C14H12N4O2. The van der Waals surface area contributed by atoms with E-state index in [4.69, 9.17) is 4.52 Å². The Morgan fingerprint density at radius 3 is 2.70 bits per heavy atom. The average Bonchev–Trinajstić information content (AvgIpc) is 2.97. The van der Waals surface area contributed by atoms with Crippen LogP contribution in [-0.2, 0) is 6.54 Å². The lowest BCUT2D eigenvalue weighted by atomic mass is 10.3. The van der Waals surface area contributed by atoms with Crippen molar-refractivity contribution in [1.29, 1.82) is 0 Å². The fraction of sp³-hybridized carbons (Fsp3) is 0.0714. The van der Waals surface area contributed by atoms with Gasteiger partial charge in [0.1, 0.15) is 11.4 Å². The Morgan fingerprint density at radius 1 is 1.10 bits per heavy atom. The van der Waals surface area contributed by atoms with Crippen LogP contribution in [0.5, 0.6) is 5.75 Å². The lowest BCUT2D eigenvalue weighted by Gasteiger charge is -2.02. The quantitative estimate of drug-likeness (QED) is 0.707. The number of rotatable bonds is 4. The number of hydrogen-bond donors (Lipinski definition) is 2. The first-order chi connectivity index (χ1) is 9.81. The van der Waals surface area contributed by atoms with Gasteiger partial charge in [0.2, 0.25) is 11.7 Å². The van der Waals surface area contributed by atoms with Crippen molar-refractivity contribution in [3.8, 4) is 17.3 Å². The minimum Gasteiger partial charge on any atom is -0.508 e. The molecule has 0 amide bonds. The number of aromatic nitrogens is 3. The molecule has 2 N–H and O–H groups in total. The number of anilines is 1. The highest BCUT2D eigenvalue weighted by atomic mass is 16.5. The second kappa shape index (κ2) is 5.40. The Labute approximate surface area is 115 Å². The second-order valence-corrected chi connectivity index (χ2v) is 4.13. The van der Waals surface area contributed by atoms with Crippen LogP contribution in [0.2, 0.25) is 0 Å². The van der Waals surface area contributed by atoms with Crippen molar-refractivity contribution >= 4 is 5.69 Å². The van der Waals surface area contributed by atoms with Gasteiger partial charge in [-0.1, -0.05) is 11.2 Å². The molecule has 0 saturated heterocycles. The molecule has 0 unspecified atom stereocenters. The van der Waals surface area contributed by atoms with Crippen LogP contribution in [0.15, 0.2) is 53.2 Å². The van der Waals surface area contributed by atoms with Gasteiger partial charge in [0.15, 0.2) is 0 Å². The topological polar surface area (TPSA) is 84.1 Å². The lowest BCUT2D eigenvalue weighted by molar-refractivity contribution is 0.384. The zero-order chi connectivity index (χ0) is 13.8. The molecule has 2 heterocycles. The van der Waals surface area contributed by atoms with Gasteiger partial charge in [-0.3, -0.25) is 4.98 Å². The van der Waals surface area contributed by atoms with E-state index in [-0.39, 0.29) is 5.75 Å². The van der Waals surface area contributed by atoms with Crippen LogP contribution in [0.4, 0.5) is 5.69 Å². The van der Waals surface area contributed by atoms with Crippen LogP contribution in [-0.4, -0.2) is 20.2 Å². The predicted molar refractivity (Wildman–Crippen MR) is 73.0 cm³/mol. The molecule has 0 aliphatic carbocycles. The Hall–Kier alpha value is -2.89. The monoisotopic (exact) mass is 268 g/mol. The molecule has 3 aromatic rings. The molecule has 1 aromatic carbocycles. The first kappa shape index (κ1) is 12.2. The fourth-order valence-electron chi connectivity index (χ4n) is 1.68. The van der Waals surface area contributed by atoms with E-state index < -0.39 is 0 Å². The zero-order valence-corrected chi connectivity index (χ0v) is 10.5. The molecule has 0 aliphatic rings. The van der Waals surface area contributed by atoms with E-state index in [2.05, 4.69) is 20.4 Å². The van der Waals surface area contributed by atoms with Gasteiger partial charge in [-0.15, -0.1) is 0 Å². The normalized spacial score (nSPS) is 10.4. The molecular weight excluding hydrogens is 256 g/mol. The first-order valence-corrected chi connectivity index (χ1v) is 6.08. The van der Waals surface area contributed by atoms with Crippen LogP contribution >= 0.6 is 0 Å². The summed E-state index contributed by atoms with van der Waals surface area (Å²) in [5.74, 6) is 1.16. The second-order valence-electron chi connectivity index (χ2n) is 4.13. The number of nitrogens with zero attached hydrogens (tertiary/aromatic N) is 3. The zero-order valence-electron chi connectivity index (χ0n) is 10.5. The SMILES string of the molecule is Oc1ccc(NCc2nc(-c3ccccn3)no2)cc1. The van der Waals surface area contributed by atoms with Crippen molar-refractivity contribution in [2.24, 2.45) is 0 Å². The highest BCUT2D eigenvalue weighted by Gasteiger charge is 2.08. The van der Waals surface area contributed by atoms with Gasteiger partial charge in [0.25, 0.3) is 0 Å².